The van der Waals surface area contributed by atoms with Crippen molar-refractivity contribution in [3.63, 3.8) is 0 Å². The van der Waals surface area contributed by atoms with Crippen molar-refractivity contribution in [2.24, 2.45) is 0 Å². The first-order chi connectivity index (χ1) is 10.1. The molecule has 0 radical (unpaired) electrons. The molecule has 0 spiro atoms. The molecule has 0 unspecified atom stereocenters. The largest absolute Gasteiger partial charge is 0.337 e. The number of piperazine rings is 1. The summed E-state index contributed by atoms with van der Waals surface area (Å²) in [5, 5.41) is 9.88. The predicted molar refractivity (Wildman–Crippen MR) is 71.4 cm³/mol. The first-order valence-electron chi connectivity index (χ1n) is 6.61. The third-order valence-electron chi connectivity index (χ3n) is 3.42. The lowest BCUT2D eigenvalue weighted by Gasteiger charge is -2.30. The predicted octanol–water partition coefficient (Wildman–Crippen LogP) is 1.69. The van der Waals surface area contributed by atoms with E-state index in [1.165, 1.54) is 0 Å². The molecule has 0 bridgehead atoms. The number of aromatic amines is 1. The maximum atomic E-state index is 13.7. The van der Waals surface area contributed by atoms with Crippen LogP contribution >= 0.6 is 0 Å². The van der Waals surface area contributed by atoms with E-state index in [2.05, 4.69) is 20.5 Å². The lowest BCUT2D eigenvalue weighted by molar-refractivity contribution is 0.448. The maximum Gasteiger partial charge on any atom is 0.245 e. The van der Waals surface area contributed by atoms with Gasteiger partial charge in [0.1, 0.15) is 0 Å². The Balaban J connectivity index is 1.90. The summed E-state index contributed by atoms with van der Waals surface area (Å²) >= 11 is 0. The summed E-state index contributed by atoms with van der Waals surface area (Å²) in [6.45, 7) is 4.28. The van der Waals surface area contributed by atoms with Crippen LogP contribution in [0.2, 0.25) is 0 Å². The van der Waals surface area contributed by atoms with Gasteiger partial charge in [0.2, 0.25) is 5.95 Å². The Labute approximate surface area is 119 Å². The van der Waals surface area contributed by atoms with Crippen LogP contribution in [0.1, 0.15) is 6.92 Å². The van der Waals surface area contributed by atoms with Crippen LogP contribution in [0.4, 0.5) is 19.1 Å². The molecular weight excluding hydrogens is 283 g/mol. The molecule has 1 aromatic heterocycles. The number of benzene rings is 1. The van der Waals surface area contributed by atoms with Crippen LogP contribution in [-0.2, 0) is 0 Å². The summed E-state index contributed by atoms with van der Waals surface area (Å²) in [5.74, 6) is -3.52. The molecule has 1 fully saturated rings. The molecule has 1 atom stereocenters. The Bertz CT molecular complexity index is 657. The molecule has 1 aliphatic heterocycles. The van der Waals surface area contributed by atoms with Crippen molar-refractivity contribution in [3.8, 4) is 11.4 Å². The Morgan fingerprint density at radius 1 is 1.24 bits per heavy atom. The minimum Gasteiger partial charge on any atom is -0.337 e. The minimum atomic E-state index is -1.51. The second kappa shape index (κ2) is 5.36. The molecule has 1 aliphatic rings. The van der Waals surface area contributed by atoms with Crippen molar-refractivity contribution >= 4 is 5.95 Å². The molecule has 5 nitrogen and oxygen atoms in total. The van der Waals surface area contributed by atoms with E-state index in [4.69, 9.17) is 0 Å². The zero-order valence-electron chi connectivity index (χ0n) is 11.3. The Morgan fingerprint density at radius 3 is 2.81 bits per heavy atom. The van der Waals surface area contributed by atoms with Gasteiger partial charge in [0, 0.05) is 25.7 Å². The van der Waals surface area contributed by atoms with Gasteiger partial charge in [-0.25, -0.2) is 13.2 Å². The number of anilines is 1. The molecule has 1 saturated heterocycles. The normalized spacial score (nSPS) is 19.0. The van der Waals surface area contributed by atoms with Crippen LogP contribution in [0.3, 0.4) is 0 Å². The van der Waals surface area contributed by atoms with Crippen molar-refractivity contribution in [1.82, 2.24) is 20.5 Å². The van der Waals surface area contributed by atoms with E-state index < -0.39 is 17.5 Å². The lowest BCUT2D eigenvalue weighted by atomic mass is 10.2. The Hall–Kier alpha value is -2.09. The molecule has 0 saturated carbocycles. The standard InChI is InChI=1S/C13H14F3N5/c1-7-6-21(5-4-17-7)13-18-12(19-20-13)8-2-3-9(14)11(16)10(8)15/h2-3,7,17H,4-6H2,1H3,(H,18,19,20)/t7-/m0/s1. The van der Waals surface area contributed by atoms with E-state index in [1.807, 2.05) is 11.8 Å². The van der Waals surface area contributed by atoms with Gasteiger partial charge in [-0.1, -0.05) is 0 Å². The van der Waals surface area contributed by atoms with E-state index in [0.29, 0.717) is 12.0 Å². The number of rotatable bonds is 2. The summed E-state index contributed by atoms with van der Waals surface area (Å²) in [4.78, 5) is 6.12. The van der Waals surface area contributed by atoms with Crippen molar-refractivity contribution in [1.29, 1.82) is 0 Å². The lowest BCUT2D eigenvalue weighted by Crippen LogP contribution is -2.49. The number of aromatic nitrogens is 3. The summed E-state index contributed by atoms with van der Waals surface area (Å²) in [6.07, 6.45) is 0. The summed E-state index contributed by atoms with van der Waals surface area (Å²) in [6, 6.07) is 2.29. The van der Waals surface area contributed by atoms with Crippen LogP contribution in [0.5, 0.6) is 0 Å². The zero-order chi connectivity index (χ0) is 15.0. The highest BCUT2D eigenvalue weighted by Gasteiger charge is 2.22. The Kier molecular flexibility index (Phi) is 3.54. The molecule has 0 aliphatic carbocycles. The number of halogens is 3. The molecule has 3 rings (SSSR count). The van der Waals surface area contributed by atoms with E-state index >= 15 is 0 Å². The second-order valence-electron chi connectivity index (χ2n) is 5.01. The summed E-state index contributed by atoms with van der Waals surface area (Å²) < 4.78 is 39.9. The van der Waals surface area contributed by atoms with Crippen LogP contribution in [0, 0.1) is 17.5 Å². The van der Waals surface area contributed by atoms with Crippen molar-refractivity contribution in [2.75, 3.05) is 24.5 Å². The topological polar surface area (TPSA) is 56.8 Å². The highest BCUT2D eigenvalue weighted by Crippen LogP contribution is 2.24. The number of nitrogens with zero attached hydrogens (tertiary/aromatic N) is 3. The third kappa shape index (κ3) is 2.58. The van der Waals surface area contributed by atoms with Crippen molar-refractivity contribution < 1.29 is 13.2 Å². The average molecular weight is 297 g/mol. The Morgan fingerprint density at radius 2 is 2.05 bits per heavy atom. The molecular formula is C13H14F3N5. The first-order valence-corrected chi connectivity index (χ1v) is 6.61. The van der Waals surface area contributed by atoms with Crippen LogP contribution in [0.15, 0.2) is 12.1 Å². The molecule has 0 amide bonds. The van der Waals surface area contributed by atoms with E-state index in [-0.39, 0.29) is 11.4 Å². The van der Waals surface area contributed by atoms with Crippen LogP contribution < -0.4 is 10.2 Å². The van der Waals surface area contributed by atoms with Gasteiger partial charge >= 0.3 is 0 Å². The summed E-state index contributed by atoms with van der Waals surface area (Å²) in [7, 11) is 0. The molecule has 112 valence electrons. The number of hydrogen-bond acceptors (Lipinski definition) is 4. The van der Waals surface area contributed by atoms with Gasteiger partial charge < -0.3 is 10.2 Å². The van der Waals surface area contributed by atoms with Gasteiger partial charge in [-0.15, -0.1) is 5.10 Å². The molecule has 2 aromatic rings. The van der Waals surface area contributed by atoms with Gasteiger partial charge in [0.25, 0.3) is 0 Å². The minimum absolute atomic E-state index is 0.0765. The number of H-pyrrole nitrogens is 1. The monoisotopic (exact) mass is 297 g/mol. The molecule has 1 aromatic carbocycles. The van der Waals surface area contributed by atoms with E-state index in [1.54, 1.807) is 0 Å². The van der Waals surface area contributed by atoms with Gasteiger partial charge in [0.05, 0.1) is 5.56 Å². The van der Waals surface area contributed by atoms with Gasteiger partial charge in [-0.3, -0.25) is 5.10 Å². The number of nitrogens with one attached hydrogen (secondary N) is 2. The summed E-state index contributed by atoms with van der Waals surface area (Å²) in [5.41, 5.74) is -0.143. The zero-order valence-corrected chi connectivity index (χ0v) is 11.3. The first kappa shape index (κ1) is 13.9. The smallest absolute Gasteiger partial charge is 0.245 e. The highest BCUT2D eigenvalue weighted by atomic mass is 19.2. The third-order valence-corrected chi connectivity index (χ3v) is 3.42. The second-order valence-corrected chi connectivity index (χ2v) is 5.01. The van der Waals surface area contributed by atoms with Gasteiger partial charge in [-0.2, -0.15) is 4.98 Å². The highest BCUT2D eigenvalue weighted by molar-refractivity contribution is 5.57. The van der Waals surface area contributed by atoms with Crippen molar-refractivity contribution in [3.05, 3.63) is 29.6 Å². The average Bonchev–Trinajstić information content (AvgIpc) is 2.94. The molecule has 2 heterocycles. The fourth-order valence-electron chi connectivity index (χ4n) is 2.34. The molecule has 21 heavy (non-hydrogen) atoms. The van der Waals surface area contributed by atoms with Crippen LogP contribution in [0.25, 0.3) is 11.4 Å². The van der Waals surface area contributed by atoms with E-state index in [9.17, 15) is 13.2 Å². The van der Waals surface area contributed by atoms with E-state index in [0.717, 1.165) is 31.8 Å². The molecule has 8 heteroatoms. The fourth-order valence-corrected chi connectivity index (χ4v) is 2.34. The quantitative estimate of drug-likeness (QED) is 0.828. The van der Waals surface area contributed by atoms with Crippen LogP contribution in [-0.4, -0.2) is 40.9 Å². The maximum absolute atomic E-state index is 13.7. The number of hydrogen-bond donors (Lipinski definition) is 2. The van der Waals surface area contributed by atoms with Crippen molar-refractivity contribution in [2.45, 2.75) is 13.0 Å². The molecule has 2 N–H and O–H groups in total. The fraction of sp³-hybridized carbons (Fsp3) is 0.385. The SMILES string of the molecule is C[C@H]1CN(c2n[nH]c(-c3ccc(F)c(F)c3F)n2)CCN1. The van der Waals surface area contributed by atoms with Gasteiger partial charge in [0.15, 0.2) is 23.3 Å². The van der Waals surface area contributed by atoms with Gasteiger partial charge in [-0.05, 0) is 19.1 Å².